The molecule has 2 atom stereocenters. The van der Waals surface area contributed by atoms with E-state index in [1.165, 1.54) is 12.8 Å². The highest BCUT2D eigenvalue weighted by Crippen LogP contribution is 2.31. The molecule has 2 aliphatic rings. The van der Waals surface area contributed by atoms with Gasteiger partial charge in [0.05, 0.1) is 23.6 Å². The van der Waals surface area contributed by atoms with E-state index in [4.69, 9.17) is 14.5 Å². The third-order valence-corrected chi connectivity index (χ3v) is 6.13. The number of ether oxygens (including phenoxy) is 1. The van der Waals surface area contributed by atoms with Crippen molar-refractivity contribution in [1.29, 1.82) is 5.26 Å². The van der Waals surface area contributed by atoms with Crippen molar-refractivity contribution >= 4 is 16.8 Å². The van der Waals surface area contributed by atoms with Crippen LogP contribution < -0.4 is 9.64 Å². The summed E-state index contributed by atoms with van der Waals surface area (Å²) in [6.07, 6.45) is 2.35. The first kappa shape index (κ1) is 18.0. The molecule has 6 nitrogen and oxygen atoms in total. The highest BCUT2D eigenvalue weighted by atomic mass is 16.5. The van der Waals surface area contributed by atoms with Crippen LogP contribution in [-0.2, 0) is 0 Å². The number of aromatic nitrogens is 1. The molecule has 6 heteroatoms. The topological polar surface area (TPSA) is 65.5 Å². The zero-order chi connectivity index (χ0) is 19.6. The average Bonchev–Trinajstić information content (AvgIpc) is 3.22. The smallest absolute Gasteiger partial charge is 0.180 e. The lowest BCUT2D eigenvalue weighted by Gasteiger charge is -2.46. The second kappa shape index (κ2) is 7.76. The molecule has 0 spiro atoms. The minimum absolute atomic E-state index is 0.543. The van der Waals surface area contributed by atoms with Crippen molar-refractivity contribution in [3.63, 3.8) is 0 Å². The molecule has 29 heavy (non-hydrogen) atoms. The van der Waals surface area contributed by atoms with E-state index in [-0.39, 0.29) is 0 Å². The van der Waals surface area contributed by atoms with Crippen LogP contribution in [-0.4, -0.2) is 48.9 Å². The summed E-state index contributed by atoms with van der Waals surface area (Å²) in [5, 5.41) is 14.3. The van der Waals surface area contributed by atoms with Crippen molar-refractivity contribution < 1.29 is 9.26 Å². The highest BCUT2D eigenvalue weighted by Gasteiger charge is 2.34. The van der Waals surface area contributed by atoms with E-state index >= 15 is 0 Å². The predicted molar refractivity (Wildman–Crippen MR) is 111 cm³/mol. The van der Waals surface area contributed by atoms with Gasteiger partial charge in [0, 0.05) is 38.1 Å². The maximum atomic E-state index is 8.89. The quantitative estimate of drug-likeness (QED) is 0.679. The molecule has 0 bridgehead atoms. The van der Waals surface area contributed by atoms with E-state index < -0.39 is 0 Å². The molecule has 0 amide bonds. The molecule has 5 rings (SSSR count). The van der Waals surface area contributed by atoms with Crippen molar-refractivity contribution in [2.75, 3.05) is 37.7 Å². The van der Waals surface area contributed by atoms with E-state index in [1.807, 2.05) is 30.3 Å². The number of benzene rings is 2. The number of nitrogens with zero attached hydrogens (tertiary/aromatic N) is 4. The summed E-state index contributed by atoms with van der Waals surface area (Å²) in [6, 6.07) is 18.2. The Labute approximate surface area is 170 Å². The molecule has 0 radical (unpaired) electrons. The molecule has 0 unspecified atom stereocenters. The van der Waals surface area contributed by atoms with Gasteiger partial charge in [-0.15, -0.1) is 0 Å². The van der Waals surface area contributed by atoms with Gasteiger partial charge in [-0.3, -0.25) is 4.90 Å². The minimum Gasteiger partial charge on any atom is -0.493 e. The van der Waals surface area contributed by atoms with E-state index in [9.17, 15) is 0 Å². The maximum absolute atomic E-state index is 8.89. The van der Waals surface area contributed by atoms with Gasteiger partial charge in [0.2, 0.25) is 0 Å². The molecule has 2 saturated heterocycles. The number of fused-ring (bicyclic) bond motifs is 2. The van der Waals surface area contributed by atoms with Gasteiger partial charge in [0.15, 0.2) is 11.4 Å². The lowest BCUT2D eigenvalue weighted by Crippen LogP contribution is -2.57. The second-order valence-corrected chi connectivity index (χ2v) is 7.99. The Hall–Kier alpha value is -3.04. The van der Waals surface area contributed by atoms with Crippen LogP contribution in [0.4, 0.5) is 5.82 Å². The largest absolute Gasteiger partial charge is 0.493 e. The van der Waals surface area contributed by atoms with Crippen LogP contribution in [0.3, 0.4) is 0 Å². The van der Waals surface area contributed by atoms with Gasteiger partial charge in [0.25, 0.3) is 0 Å². The molecular formula is C23H24N4O2. The SMILES string of the molecule is N#Cc1ccc(OC[C@H]2CC[C@H]3CN(c4noc5ccccc45)CCN3C2)cc1. The van der Waals surface area contributed by atoms with Gasteiger partial charge < -0.3 is 14.2 Å². The monoisotopic (exact) mass is 388 g/mol. The molecule has 2 fully saturated rings. The first-order valence-corrected chi connectivity index (χ1v) is 10.3. The summed E-state index contributed by atoms with van der Waals surface area (Å²) >= 11 is 0. The third kappa shape index (κ3) is 3.66. The predicted octanol–water partition coefficient (Wildman–Crippen LogP) is 3.68. The second-order valence-electron chi connectivity index (χ2n) is 7.99. The van der Waals surface area contributed by atoms with Crippen LogP contribution in [0, 0.1) is 17.2 Å². The zero-order valence-electron chi connectivity index (χ0n) is 16.3. The lowest BCUT2D eigenvalue weighted by molar-refractivity contribution is 0.0727. The summed E-state index contributed by atoms with van der Waals surface area (Å²) in [5.41, 5.74) is 1.52. The van der Waals surface area contributed by atoms with Gasteiger partial charge in [0.1, 0.15) is 5.75 Å². The standard InChI is InChI=1S/C23H24N4O2/c24-13-17-6-9-20(10-7-17)28-16-18-5-8-19-15-27(12-11-26(19)14-18)23-21-3-1-2-4-22(21)29-25-23/h1-4,6-7,9-10,18-19H,5,8,11-12,14-16H2/t18-,19-/m0/s1. The maximum Gasteiger partial charge on any atom is 0.180 e. The molecule has 0 saturated carbocycles. The van der Waals surface area contributed by atoms with E-state index in [1.54, 1.807) is 12.1 Å². The van der Waals surface area contributed by atoms with Gasteiger partial charge in [-0.1, -0.05) is 17.3 Å². The number of rotatable bonds is 4. The van der Waals surface area contributed by atoms with Crippen molar-refractivity contribution in [1.82, 2.24) is 10.1 Å². The third-order valence-electron chi connectivity index (χ3n) is 6.13. The van der Waals surface area contributed by atoms with Crippen molar-refractivity contribution in [2.24, 2.45) is 5.92 Å². The Morgan fingerprint density at radius 1 is 1.07 bits per heavy atom. The van der Waals surface area contributed by atoms with Gasteiger partial charge in [-0.05, 0) is 49.2 Å². The summed E-state index contributed by atoms with van der Waals surface area (Å²) in [4.78, 5) is 4.98. The number of nitriles is 1. The summed E-state index contributed by atoms with van der Waals surface area (Å²) < 4.78 is 11.5. The number of para-hydroxylation sites is 1. The van der Waals surface area contributed by atoms with Crippen molar-refractivity contribution in [3.05, 3.63) is 54.1 Å². The molecule has 1 aromatic heterocycles. The fraction of sp³-hybridized carbons (Fsp3) is 0.391. The molecule has 3 heterocycles. The molecular weight excluding hydrogens is 364 g/mol. The van der Waals surface area contributed by atoms with E-state index in [0.717, 1.165) is 55.3 Å². The lowest BCUT2D eigenvalue weighted by atomic mass is 9.91. The molecule has 0 aliphatic carbocycles. The van der Waals surface area contributed by atoms with E-state index in [0.29, 0.717) is 17.5 Å². The van der Waals surface area contributed by atoms with Crippen molar-refractivity contribution in [3.8, 4) is 11.8 Å². The van der Waals surface area contributed by atoms with Gasteiger partial charge in [-0.2, -0.15) is 5.26 Å². The minimum atomic E-state index is 0.543. The van der Waals surface area contributed by atoms with Gasteiger partial charge >= 0.3 is 0 Å². The zero-order valence-corrected chi connectivity index (χ0v) is 16.3. The Kier molecular flexibility index (Phi) is 4.82. The number of hydrogen-bond donors (Lipinski definition) is 0. The summed E-state index contributed by atoms with van der Waals surface area (Å²) in [6.45, 7) is 4.82. The Morgan fingerprint density at radius 3 is 2.79 bits per heavy atom. The first-order valence-electron chi connectivity index (χ1n) is 10.3. The molecule has 3 aromatic rings. The summed E-state index contributed by atoms with van der Waals surface area (Å²) in [5.74, 6) is 2.36. The van der Waals surface area contributed by atoms with Crippen LogP contribution in [0.2, 0.25) is 0 Å². The van der Waals surface area contributed by atoms with Crippen molar-refractivity contribution in [2.45, 2.75) is 18.9 Å². The van der Waals surface area contributed by atoms with Crippen LogP contribution in [0.25, 0.3) is 11.0 Å². The number of piperidine rings is 1. The van der Waals surface area contributed by atoms with Gasteiger partial charge in [-0.25, -0.2) is 0 Å². The molecule has 2 aliphatic heterocycles. The molecule has 148 valence electrons. The van der Waals surface area contributed by atoms with Crippen LogP contribution in [0.1, 0.15) is 18.4 Å². The fourth-order valence-electron chi connectivity index (χ4n) is 4.53. The highest BCUT2D eigenvalue weighted by molar-refractivity contribution is 5.88. The molecule has 2 aromatic carbocycles. The van der Waals surface area contributed by atoms with Crippen LogP contribution >= 0.6 is 0 Å². The summed E-state index contributed by atoms with van der Waals surface area (Å²) in [7, 11) is 0. The Bertz CT molecular complexity index is 1020. The Morgan fingerprint density at radius 2 is 1.93 bits per heavy atom. The number of piperazine rings is 1. The average molecular weight is 388 g/mol. The number of anilines is 1. The Balaban J connectivity index is 1.18. The first-order chi connectivity index (χ1) is 14.3. The van der Waals surface area contributed by atoms with Crippen LogP contribution in [0.5, 0.6) is 5.75 Å². The molecule has 0 N–H and O–H groups in total. The van der Waals surface area contributed by atoms with Crippen LogP contribution in [0.15, 0.2) is 53.1 Å². The normalized spacial score (nSPS) is 22.2. The van der Waals surface area contributed by atoms with E-state index in [2.05, 4.69) is 27.1 Å². The number of hydrogen-bond acceptors (Lipinski definition) is 6. The fourth-order valence-corrected chi connectivity index (χ4v) is 4.53.